The van der Waals surface area contributed by atoms with Crippen LogP contribution < -0.4 is 31.2 Å². The van der Waals surface area contributed by atoms with E-state index in [2.05, 4.69) is 53.6 Å². The van der Waals surface area contributed by atoms with Crippen molar-refractivity contribution in [2.45, 2.75) is 19.3 Å². The van der Waals surface area contributed by atoms with E-state index in [1.54, 1.807) is 36.4 Å². The van der Waals surface area contributed by atoms with Crippen LogP contribution in [0.5, 0.6) is 11.5 Å². The Bertz CT molecular complexity index is 1010. The molecule has 0 fully saturated rings. The summed E-state index contributed by atoms with van der Waals surface area (Å²) in [5, 5.41) is 0.652. The van der Waals surface area contributed by atoms with Crippen LogP contribution in [0, 0.1) is 0 Å². The van der Waals surface area contributed by atoms with Crippen molar-refractivity contribution in [2.75, 3.05) is 13.2 Å². The molecule has 0 aliphatic carbocycles. The normalized spacial score (nSPS) is 10.2. The molecule has 14 heteroatoms. The molecule has 0 aliphatic heterocycles. The van der Waals surface area contributed by atoms with E-state index < -0.39 is 23.6 Å². The van der Waals surface area contributed by atoms with E-state index in [1.165, 1.54) is 0 Å². The Labute approximate surface area is 227 Å². The second-order valence-corrected chi connectivity index (χ2v) is 9.42. The van der Waals surface area contributed by atoms with Crippen LogP contribution in [0.15, 0.2) is 45.3 Å². The second kappa shape index (κ2) is 14.8. The molecule has 2 aromatic carbocycles. The molecule has 0 heterocycles. The Morgan fingerprint density at radius 3 is 1.40 bits per heavy atom. The van der Waals surface area contributed by atoms with Gasteiger partial charge in [-0.25, -0.2) is 0 Å². The van der Waals surface area contributed by atoms with Crippen molar-refractivity contribution in [1.29, 1.82) is 0 Å². The number of hydrogen-bond acceptors (Lipinski definition) is 6. The van der Waals surface area contributed by atoms with Gasteiger partial charge in [0.25, 0.3) is 11.8 Å². The van der Waals surface area contributed by atoms with E-state index in [-0.39, 0.29) is 32.5 Å². The van der Waals surface area contributed by atoms with Crippen molar-refractivity contribution < 1.29 is 28.7 Å². The van der Waals surface area contributed by atoms with Gasteiger partial charge in [0.1, 0.15) is 11.5 Å². The molecule has 4 amide bonds. The van der Waals surface area contributed by atoms with E-state index in [9.17, 15) is 19.2 Å². The second-order valence-electron chi connectivity index (χ2n) is 6.77. The lowest BCUT2D eigenvalue weighted by atomic mass is 10.2. The maximum Gasteiger partial charge on any atom is 0.276 e. The molecule has 2 rings (SSSR count). The molecule has 4 N–H and O–H groups in total. The largest absolute Gasteiger partial charge is 0.482 e. The molecule has 188 valence electrons. The first-order chi connectivity index (χ1) is 16.6. The Balaban J connectivity index is 1.55. The van der Waals surface area contributed by atoms with E-state index in [4.69, 9.17) is 32.7 Å². The molecule has 0 aliphatic rings. The van der Waals surface area contributed by atoms with Gasteiger partial charge in [-0.05, 0) is 42.8 Å². The van der Waals surface area contributed by atoms with Crippen LogP contribution in [0.2, 0.25) is 10.0 Å². The lowest BCUT2D eigenvalue weighted by molar-refractivity contribution is -0.131. The first-order valence-electron chi connectivity index (χ1n) is 9.95. The molecule has 10 nitrogen and oxygen atoms in total. The van der Waals surface area contributed by atoms with Crippen LogP contribution in [-0.4, -0.2) is 36.8 Å². The Kier molecular flexibility index (Phi) is 12.1. The molecule has 0 atom stereocenters. The smallest absolute Gasteiger partial charge is 0.276 e. The predicted molar refractivity (Wildman–Crippen MR) is 136 cm³/mol. The third-order valence-electron chi connectivity index (χ3n) is 4.00. The van der Waals surface area contributed by atoms with Gasteiger partial charge in [0.05, 0.1) is 10.0 Å². The van der Waals surface area contributed by atoms with Crippen LogP contribution in [0.25, 0.3) is 0 Å². The maximum atomic E-state index is 11.8. The molecular formula is C21H20Br2Cl2N4O6. The number of hydrazine groups is 2. The van der Waals surface area contributed by atoms with Crippen molar-refractivity contribution in [1.82, 2.24) is 21.7 Å². The minimum atomic E-state index is -0.593. The molecule has 0 radical (unpaired) electrons. The molecule has 35 heavy (non-hydrogen) atoms. The van der Waals surface area contributed by atoms with E-state index in [1.807, 2.05) is 0 Å². The molecule has 0 aromatic heterocycles. The fraction of sp³-hybridized carbons (Fsp3) is 0.238. The van der Waals surface area contributed by atoms with E-state index in [0.717, 1.165) is 8.95 Å². The third-order valence-corrected chi connectivity index (χ3v) is 5.57. The van der Waals surface area contributed by atoms with Gasteiger partial charge in [-0.1, -0.05) is 55.1 Å². The number of amides is 4. The van der Waals surface area contributed by atoms with Crippen LogP contribution in [0.4, 0.5) is 0 Å². The number of nitrogens with one attached hydrogen (secondary N) is 4. The highest BCUT2D eigenvalue weighted by atomic mass is 79.9. The number of hydrogen-bond donors (Lipinski definition) is 4. The summed E-state index contributed by atoms with van der Waals surface area (Å²) < 4.78 is 12.1. The lowest BCUT2D eigenvalue weighted by Crippen LogP contribution is -2.44. The van der Waals surface area contributed by atoms with Gasteiger partial charge >= 0.3 is 0 Å². The van der Waals surface area contributed by atoms with Gasteiger partial charge in [0, 0.05) is 21.8 Å². The SMILES string of the molecule is O=C(CCCC(=O)NNC(=O)COc1ccc(Br)cc1Cl)NNC(=O)COc1ccc(Br)cc1Cl. The van der Waals surface area contributed by atoms with Crippen molar-refractivity contribution in [3.63, 3.8) is 0 Å². The number of carbonyl (C=O) groups is 4. The van der Waals surface area contributed by atoms with Crippen LogP contribution in [0.3, 0.4) is 0 Å². The fourth-order valence-electron chi connectivity index (χ4n) is 2.36. The summed E-state index contributed by atoms with van der Waals surface area (Å²) in [5.41, 5.74) is 8.83. The summed E-state index contributed by atoms with van der Waals surface area (Å²) in [7, 11) is 0. The lowest BCUT2D eigenvalue weighted by Gasteiger charge is -2.11. The van der Waals surface area contributed by atoms with Crippen molar-refractivity contribution >= 4 is 78.7 Å². The van der Waals surface area contributed by atoms with E-state index in [0.29, 0.717) is 21.5 Å². The summed E-state index contributed by atoms with van der Waals surface area (Å²) >= 11 is 18.5. The Hall–Kier alpha value is -2.54. The van der Waals surface area contributed by atoms with Gasteiger partial charge in [-0.15, -0.1) is 0 Å². The standard InChI is InChI=1S/C21H20Br2Cl2N4O6/c22-12-4-6-16(14(24)8-12)34-10-20(32)28-26-18(30)2-1-3-19(31)27-29-21(33)11-35-17-7-5-13(23)9-15(17)25/h4-9H,1-3,10-11H2,(H,26,30)(H,27,31)(H,28,32)(H,29,33). The van der Waals surface area contributed by atoms with Gasteiger partial charge in [0.15, 0.2) is 13.2 Å². The fourth-order valence-corrected chi connectivity index (χ4v) is 3.81. The Morgan fingerprint density at radius 2 is 1.03 bits per heavy atom. The number of halogens is 4. The zero-order valence-corrected chi connectivity index (χ0v) is 22.6. The number of rotatable bonds is 10. The number of benzene rings is 2. The van der Waals surface area contributed by atoms with Gasteiger partial charge in [-0.2, -0.15) is 0 Å². The monoisotopic (exact) mass is 652 g/mol. The van der Waals surface area contributed by atoms with Gasteiger partial charge < -0.3 is 9.47 Å². The highest BCUT2D eigenvalue weighted by Gasteiger charge is 2.11. The van der Waals surface area contributed by atoms with Gasteiger partial charge in [-0.3, -0.25) is 40.9 Å². The number of carbonyl (C=O) groups excluding carboxylic acids is 4. The highest BCUT2D eigenvalue weighted by molar-refractivity contribution is 9.10. The molecule has 0 bridgehead atoms. The molecule has 0 unspecified atom stereocenters. The van der Waals surface area contributed by atoms with Crippen LogP contribution in [0.1, 0.15) is 19.3 Å². The summed E-state index contributed by atoms with van der Waals surface area (Å²) in [5.74, 6) is -1.56. The molecule has 2 aromatic rings. The quantitative estimate of drug-likeness (QED) is 0.290. The van der Waals surface area contributed by atoms with E-state index >= 15 is 0 Å². The van der Waals surface area contributed by atoms with Crippen LogP contribution >= 0.6 is 55.1 Å². The summed E-state index contributed by atoms with van der Waals surface area (Å²) in [6.45, 7) is -0.719. The minimum absolute atomic E-state index is 0.0355. The average Bonchev–Trinajstić information content (AvgIpc) is 2.80. The average molecular weight is 655 g/mol. The predicted octanol–water partition coefficient (Wildman–Crippen LogP) is 3.44. The van der Waals surface area contributed by atoms with Crippen LogP contribution in [-0.2, 0) is 19.2 Å². The van der Waals surface area contributed by atoms with Crippen molar-refractivity contribution in [3.8, 4) is 11.5 Å². The van der Waals surface area contributed by atoms with Crippen molar-refractivity contribution in [2.24, 2.45) is 0 Å². The first-order valence-corrected chi connectivity index (χ1v) is 12.3. The zero-order valence-electron chi connectivity index (χ0n) is 18.0. The Morgan fingerprint density at radius 1 is 0.657 bits per heavy atom. The molecule has 0 saturated heterocycles. The number of ether oxygens (including phenoxy) is 2. The minimum Gasteiger partial charge on any atom is -0.482 e. The summed E-state index contributed by atoms with van der Waals surface area (Å²) in [6, 6.07) is 9.83. The first kappa shape index (κ1) is 28.7. The summed E-state index contributed by atoms with van der Waals surface area (Å²) in [4.78, 5) is 47.2. The molecule has 0 saturated carbocycles. The third kappa shape index (κ3) is 11.2. The summed E-state index contributed by atoms with van der Waals surface area (Å²) in [6.07, 6.45) is 0.109. The highest BCUT2D eigenvalue weighted by Crippen LogP contribution is 2.28. The zero-order chi connectivity index (χ0) is 25.8. The molecular weight excluding hydrogens is 635 g/mol. The molecule has 0 spiro atoms. The maximum absolute atomic E-state index is 11.8. The van der Waals surface area contributed by atoms with Gasteiger partial charge in [0.2, 0.25) is 11.8 Å². The van der Waals surface area contributed by atoms with Crippen molar-refractivity contribution in [3.05, 3.63) is 55.4 Å². The topological polar surface area (TPSA) is 135 Å².